The molecule has 128 valence electrons. The lowest BCUT2D eigenvalue weighted by atomic mass is 10.1. The van der Waals surface area contributed by atoms with Gasteiger partial charge in [-0.1, -0.05) is 17.7 Å². The molecule has 0 bridgehead atoms. The predicted molar refractivity (Wildman–Crippen MR) is 95.2 cm³/mol. The van der Waals surface area contributed by atoms with Crippen LogP contribution in [-0.2, 0) is 6.54 Å². The molecule has 0 aliphatic carbocycles. The Morgan fingerprint density at radius 1 is 1.20 bits per heavy atom. The number of nitrogens with two attached hydrogens (primary N) is 1. The lowest BCUT2D eigenvalue weighted by molar-refractivity contribution is 0.243. The summed E-state index contributed by atoms with van der Waals surface area (Å²) in [5, 5.41) is 13.2. The third-order valence-electron chi connectivity index (χ3n) is 4.50. The van der Waals surface area contributed by atoms with E-state index < -0.39 is 0 Å². The molecule has 1 aromatic carbocycles. The summed E-state index contributed by atoms with van der Waals surface area (Å²) >= 11 is 6.18. The fourth-order valence-corrected chi connectivity index (χ4v) is 3.48. The number of hydrogen-bond acceptors (Lipinski definition) is 6. The van der Waals surface area contributed by atoms with Crippen molar-refractivity contribution in [3.8, 4) is 5.69 Å². The van der Waals surface area contributed by atoms with Crippen LogP contribution in [0.1, 0.15) is 30.1 Å². The van der Waals surface area contributed by atoms with Gasteiger partial charge in [-0.05, 0) is 49.2 Å². The first kappa shape index (κ1) is 16.0. The Kier molecular flexibility index (Phi) is 4.33. The average Bonchev–Trinajstić information content (AvgIpc) is 3.29. The van der Waals surface area contributed by atoms with Gasteiger partial charge < -0.3 is 5.73 Å². The minimum absolute atomic E-state index is 0.243. The van der Waals surface area contributed by atoms with E-state index in [1.807, 2.05) is 30.3 Å². The summed E-state index contributed by atoms with van der Waals surface area (Å²) in [6, 6.07) is 9.88. The molecule has 2 N–H and O–H groups in total. The Hall–Kier alpha value is -2.51. The van der Waals surface area contributed by atoms with E-state index in [4.69, 9.17) is 17.3 Å². The monoisotopic (exact) mass is 355 g/mol. The van der Waals surface area contributed by atoms with E-state index >= 15 is 0 Å². The highest BCUT2D eigenvalue weighted by atomic mass is 35.5. The Morgan fingerprint density at radius 3 is 2.88 bits per heavy atom. The number of nitrogens with zero attached hydrogens (tertiary/aromatic N) is 6. The first-order valence-electron chi connectivity index (χ1n) is 8.17. The molecule has 2 aromatic heterocycles. The minimum Gasteiger partial charge on any atom is -0.382 e. The zero-order valence-electron chi connectivity index (χ0n) is 13.6. The van der Waals surface area contributed by atoms with Crippen LogP contribution in [0.4, 0.5) is 5.82 Å². The topological polar surface area (TPSA) is 85.8 Å². The van der Waals surface area contributed by atoms with Gasteiger partial charge in [0.1, 0.15) is 18.5 Å². The molecule has 7 nitrogen and oxygen atoms in total. The largest absolute Gasteiger partial charge is 0.382 e. The predicted octanol–water partition coefficient (Wildman–Crippen LogP) is 2.63. The molecule has 1 atom stereocenters. The van der Waals surface area contributed by atoms with E-state index in [0.29, 0.717) is 10.8 Å². The van der Waals surface area contributed by atoms with Crippen LogP contribution in [0, 0.1) is 0 Å². The smallest absolute Gasteiger partial charge is 0.146 e. The number of likely N-dealkylation sites (tertiary alicyclic amines) is 1. The van der Waals surface area contributed by atoms with Gasteiger partial charge in [0.25, 0.3) is 0 Å². The van der Waals surface area contributed by atoms with Crippen molar-refractivity contribution < 1.29 is 0 Å². The molecule has 0 radical (unpaired) electrons. The van der Waals surface area contributed by atoms with E-state index in [9.17, 15) is 0 Å². The molecule has 1 unspecified atom stereocenters. The molecule has 0 amide bonds. The summed E-state index contributed by atoms with van der Waals surface area (Å²) in [4.78, 5) is 6.44. The second-order valence-corrected chi connectivity index (χ2v) is 6.56. The van der Waals surface area contributed by atoms with Crippen LogP contribution in [0.2, 0.25) is 5.02 Å². The zero-order chi connectivity index (χ0) is 17.2. The van der Waals surface area contributed by atoms with Gasteiger partial charge in [0.05, 0.1) is 17.4 Å². The number of anilines is 1. The molecule has 8 heteroatoms. The average molecular weight is 356 g/mol. The molecule has 1 aliphatic heterocycles. The van der Waals surface area contributed by atoms with Crippen molar-refractivity contribution in [1.82, 2.24) is 29.9 Å². The Morgan fingerprint density at radius 2 is 2.12 bits per heavy atom. The standard InChI is InChI=1S/C17H18ClN7/c18-13-4-3-12(16(8-13)25-11-20-10-21-25)9-24-7-1-2-15(24)14-5-6-17(19)23-22-14/h3-6,8,10-11,15H,1-2,7,9H2,(H2,19,23). The highest BCUT2D eigenvalue weighted by molar-refractivity contribution is 6.30. The maximum absolute atomic E-state index is 6.18. The number of rotatable bonds is 4. The van der Waals surface area contributed by atoms with Crippen molar-refractivity contribution in [2.75, 3.05) is 12.3 Å². The maximum atomic E-state index is 6.18. The van der Waals surface area contributed by atoms with Crippen molar-refractivity contribution in [2.45, 2.75) is 25.4 Å². The number of halogens is 1. The lowest BCUT2D eigenvalue weighted by Crippen LogP contribution is -2.24. The van der Waals surface area contributed by atoms with Crippen LogP contribution in [-0.4, -0.2) is 36.4 Å². The van der Waals surface area contributed by atoms with E-state index in [1.54, 1.807) is 11.0 Å². The molecule has 3 aromatic rings. The van der Waals surface area contributed by atoms with Gasteiger partial charge in [-0.25, -0.2) is 9.67 Å². The van der Waals surface area contributed by atoms with Gasteiger partial charge in [0.2, 0.25) is 0 Å². The number of benzene rings is 1. The molecule has 1 saturated heterocycles. The Balaban J connectivity index is 1.62. The van der Waals surface area contributed by atoms with E-state index in [0.717, 1.165) is 42.9 Å². The third-order valence-corrected chi connectivity index (χ3v) is 4.73. The summed E-state index contributed by atoms with van der Waals surface area (Å²) in [5.74, 6) is 0.444. The third kappa shape index (κ3) is 3.33. The highest BCUT2D eigenvalue weighted by Gasteiger charge is 2.28. The fraction of sp³-hybridized carbons (Fsp3) is 0.294. The van der Waals surface area contributed by atoms with Gasteiger partial charge in [0, 0.05) is 11.6 Å². The molecule has 1 aliphatic rings. The van der Waals surface area contributed by atoms with Gasteiger partial charge in [-0.15, -0.1) is 5.10 Å². The number of aromatic nitrogens is 5. The van der Waals surface area contributed by atoms with Crippen LogP contribution in [0.3, 0.4) is 0 Å². The summed E-state index contributed by atoms with van der Waals surface area (Å²) < 4.78 is 1.75. The molecule has 3 heterocycles. The molecule has 25 heavy (non-hydrogen) atoms. The van der Waals surface area contributed by atoms with Crippen LogP contribution < -0.4 is 5.73 Å². The number of nitrogen functional groups attached to an aromatic ring is 1. The molecule has 1 fully saturated rings. The molecule has 0 saturated carbocycles. The van der Waals surface area contributed by atoms with Crippen LogP contribution in [0.15, 0.2) is 43.0 Å². The zero-order valence-corrected chi connectivity index (χ0v) is 14.3. The van der Waals surface area contributed by atoms with Crippen molar-refractivity contribution in [1.29, 1.82) is 0 Å². The van der Waals surface area contributed by atoms with Crippen molar-refractivity contribution in [3.63, 3.8) is 0 Å². The first-order chi connectivity index (χ1) is 12.2. The normalized spacial score (nSPS) is 17.9. The minimum atomic E-state index is 0.243. The van der Waals surface area contributed by atoms with Gasteiger partial charge in [-0.3, -0.25) is 4.90 Å². The number of hydrogen-bond donors (Lipinski definition) is 1. The van der Waals surface area contributed by atoms with E-state index in [2.05, 4.69) is 25.2 Å². The Labute approximate surface area is 150 Å². The van der Waals surface area contributed by atoms with Crippen molar-refractivity contribution in [2.24, 2.45) is 0 Å². The first-order valence-corrected chi connectivity index (χ1v) is 8.55. The second kappa shape index (κ2) is 6.78. The van der Waals surface area contributed by atoms with Crippen molar-refractivity contribution in [3.05, 3.63) is 59.3 Å². The van der Waals surface area contributed by atoms with Crippen LogP contribution >= 0.6 is 11.6 Å². The van der Waals surface area contributed by atoms with Crippen molar-refractivity contribution >= 4 is 17.4 Å². The van der Waals surface area contributed by atoms with E-state index in [-0.39, 0.29) is 6.04 Å². The molecular weight excluding hydrogens is 338 g/mol. The van der Waals surface area contributed by atoms with Gasteiger partial charge in [0.15, 0.2) is 0 Å². The van der Waals surface area contributed by atoms with Crippen LogP contribution in [0.25, 0.3) is 5.69 Å². The van der Waals surface area contributed by atoms with Crippen LogP contribution in [0.5, 0.6) is 0 Å². The van der Waals surface area contributed by atoms with Gasteiger partial charge >= 0.3 is 0 Å². The second-order valence-electron chi connectivity index (χ2n) is 6.12. The highest BCUT2D eigenvalue weighted by Crippen LogP contribution is 2.33. The lowest BCUT2D eigenvalue weighted by Gasteiger charge is -2.25. The maximum Gasteiger partial charge on any atom is 0.146 e. The summed E-state index contributed by atoms with van der Waals surface area (Å²) in [6.07, 6.45) is 5.39. The fourth-order valence-electron chi connectivity index (χ4n) is 3.32. The SMILES string of the molecule is Nc1ccc(C2CCCN2Cc2ccc(Cl)cc2-n2cncn2)nn1. The van der Waals surface area contributed by atoms with Gasteiger partial charge in [-0.2, -0.15) is 10.2 Å². The molecule has 0 spiro atoms. The van der Waals surface area contributed by atoms with E-state index in [1.165, 1.54) is 6.33 Å². The summed E-state index contributed by atoms with van der Waals surface area (Å²) in [5.41, 5.74) is 8.70. The summed E-state index contributed by atoms with van der Waals surface area (Å²) in [6.45, 7) is 1.79. The molecular formula is C17H18ClN7. The summed E-state index contributed by atoms with van der Waals surface area (Å²) in [7, 11) is 0. The Bertz CT molecular complexity index is 848. The molecule has 4 rings (SSSR count). The quantitative estimate of drug-likeness (QED) is 0.774.